The average Bonchev–Trinajstić information content (AvgIpc) is 3.43. The molecule has 1 fully saturated rings. The van der Waals surface area contributed by atoms with E-state index in [1.54, 1.807) is 5.01 Å². The monoisotopic (exact) mass is 539 g/mol. The number of rotatable bonds is 7. The normalized spacial score (nSPS) is 21.2. The van der Waals surface area contributed by atoms with Crippen LogP contribution in [0, 0.1) is 12.8 Å². The SMILES string of the molecule is C=NN1CN=C(C)C=C1C.CC1(C2CCCC2)CC(O)=C(CCN)C(=O)O1.CCCc1cc(C)nc(CC)c1. The Morgan fingerprint density at radius 2 is 1.90 bits per heavy atom. The molecule has 0 radical (unpaired) electrons. The molecule has 39 heavy (non-hydrogen) atoms. The second-order valence-electron chi connectivity index (χ2n) is 10.8. The van der Waals surface area contributed by atoms with Gasteiger partial charge in [-0.25, -0.2) is 9.80 Å². The third-order valence-corrected chi connectivity index (χ3v) is 7.47. The molecule has 3 heterocycles. The molecular weight excluding hydrogens is 490 g/mol. The molecule has 0 saturated heterocycles. The van der Waals surface area contributed by atoms with Crippen molar-refractivity contribution in [3.8, 4) is 0 Å². The summed E-state index contributed by atoms with van der Waals surface area (Å²) in [6.07, 6.45) is 10.8. The van der Waals surface area contributed by atoms with E-state index in [0.29, 0.717) is 37.5 Å². The fourth-order valence-electron chi connectivity index (χ4n) is 5.32. The first-order chi connectivity index (χ1) is 18.6. The maximum Gasteiger partial charge on any atom is 0.338 e. The van der Waals surface area contributed by atoms with Crippen LogP contribution in [0.1, 0.15) is 96.5 Å². The van der Waals surface area contributed by atoms with Gasteiger partial charge in [-0.1, -0.05) is 33.1 Å². The lowest BCUT2D eigenvalue weighted by atomic mass is 9.81. The number of ether oxygens (including phenoxy) is 1. The van der Waals surface area contributed by atoms with Crippen molar-refractivity contribution >= 4 is 18.4 Å². The van der Waals surface area contributed by atoms with Gasteiger partial charge >= 0.3 is 5.97 Å². The van der Waals surface area contributed by atoms with Crippen LogP contribution in [0.2, 0.25) is 0 Å². The minimum atomic E-state index is -0.518. The Labute approximate surface area is 235 Å². The predicted octanol–water partition coefficient (Wildman–Crippen LogP) is 6.19. The van der Waals surface area contributed by atoms with Crippen LogP contribution in [0.25, 0.3) is 0 Å². The van der Waals surface area contributed by atoms with Crippen LogP contribution in [-0.2, 0) is 22.4 Å². The molecule has 1 aromatic rings. The summed E-state index contributed by atoms with van der Waals surface area (Å²) in [6, 6.07) is 4.40. The van der Waals surface area contributed by atoms with Crippen molar-refractivity contribution in [2.45, 2.75) is 105 Å². The number of pyridine rings is 1. The van der Waals surface area contributed by atoms with Gasteiger partial charge in [0.15, 0.2) is 0 Å². The van der Waals surface area contributed by atoms with Crippen LogP contribution in [-0.4, -0.2) is 52.3 Å². The van der Waals surface area contributed by atoms with Gasteiger partial charge in [0.1, 0.15) is 18.0 Å². The lowest BCUT2D eigenvalue weighted by Gasteiger charge is -2.38. The molecule has 0 aromatic carbocycles. The minimum Gasteiger partial charge on any atom is -0.512 e. The number of esters is 1. The van der Waals surface area contributed by atoms with Gasteiger partial charge in [-0.05, 0) is 96.0 Å². The van der Waals surface area contributed by atoms with Crippen LogP contribution < -0.4 is 5.73 Å². The second kappa shape index (κ2) is 15.6. The fraction of sp³-hybridized carbons (Fsp3) is 0.613. The van der Waals surface area contributed by atoms with Crippen LogP contribution in [0.3, 0.4) is 0 Å². The van der Waals surface area contributed by atoms with Crippen molar-refractivity contribution in [2.75, 3.05) is 13.2 Å². The molecule has 216 valence electrons. The molecule has 4 rings (SSSR count). The molecule has 0 amide bonds. The first-order valence-electron chi connectivity index (χ1n) is 14.3. The zero-order valence-corrected chi connectivity index (χ0v) is 24.9. The molecule has 0 spiro atoms. The number of carbonyl (C=O) groups excluding carboxylic acids is 1. The summed E-state index contributed by atoms with van der Waals surface area (Å²) in [7, 11) is 0. The summed E-state index contributed by atoms with van der Waals surface area (Å²) in [5.74, 6) is 0.183. The Kier molecular flexibility index (Phi) is 12.8. The summed E-state index contributed by atoms with van der Waals surface area (Å²) >= 11 is 0. The Bertz CT molecular complexity index is 1070. The minimum absolute atomic E-state index is 0.182. The Balaban J connectivity index is 0.000000214. The number of aryl methyl sites for hydroxylation is 3. The zero-order chi connectivity index (χ0) is 29.0. The molecule has 3 N–H and O–H groups in total. The van der Waals surface area contributed by atoms with Crippen LogP contribution >= 0.6 is 0 Å². The fourth-order valence-corrected chi connectivity index (χ4v) is 5.32. The smallest absolute Gasteiger partial charge is 0.338 e. The van der Waals surface area contributed by atoms with E-state index >= 15 is 0 Å². The molecule has 1 aliphatic carbocycles. The topological polar surface area (TPSA) is 113 Å². The van der Waals surface area contributed by atoms with Crippen molar-refractivity contribution in [2.24, 2.45) is 21.7 Å². The third-order valence-electron chi connectivity index (χ3n) is 7.47. The molecule has 1 atom stereocenters. The van der Waals surface area contributed by atoms with E-state index < -0.39 is 5.60 Å². The van der Waals surface area contributed by atoms with Crippen molar-refractivity contribution in [3.63, 3.8) is 0 Å². The van der Waals surface area contributed by atoms with E-state index in [1.165, 1.54) is 36.9 Å². The number of nitrogens with two attached hydrogens (primary N) is 1. The molecule has 0 bridgehead atoms. The number of aliphatic imine (C=N–C) groups is 1. The Hall–Kier alpha value is -3.00. The largest absolute Gasteiger partial charge is 0.512 e. The summed E-state index contributed by atoms with van der Waals surface area (Å²) in [4.78, 5) is 20.5. The molecule has 3 aliphatic rings. The van der Waals surface area contributed by atoms with E-state index in [1.807, 2.05) is 26.8 Å². The van der Waals surface area contributed by atoms with Crippen molar-refractivity contribution in [3.05, 3.63) is 52.2 Å². The van der Waals surface area contributed by atoms with E-state index in [-0.39, 0.29) is 11.7 Å². The maximum absolute atomic E-state index is 11.9. The number of cyclic esters (lactones) is 1. The number of allylic oxidation sites excluding steroid dienone is 2. The lowest BCUT2D eigenvalue weighted by Crippen LogP contribution is -2.43. The zero-order valence-electron chi connectivity index (χ0n) is 24.9. The van der Waals surface area contributed by atoms with E-state index in [2.05, 4.69) is 54.7 Å². The second-order valence-corrected chi connectivity index (χ2v) is 10.8. The molecule has 1 unspecified atom stereocenters. The number of carbonyl (C=O) groups is 1. The summed E-state index contributed by atoms with van der Waals surface area (Å²) in [5, 5.41) is 15.5. The molecular formula is C31H49N5O3. The first-order valence-corrected chi connectivity index (χ1v) is 14.3. The number of hydrazone groups is 1. The van der Waals surface area contributed by atoms with Gasteiger partial charge in [0.2, 0.25) is 0 Å². The number of aliphatic hydroxyl groups is 1. The van der Waals surface area contributed by atoms with E-state index in [9.17, 15) is 9.90 Å². The van der Waals surface area contributed by atoms with Crippen molar-refractivity contribution in [1.82, 2.24) is 9.99 Å². The number of hydrogen-bond acceptors (Lipinski definition) is 8. The number of hydrogen-bond donors (Lipinski definition) is 2. The van der Waals surface area contributed by atoms with Gasteiger partial charge in [0.25, 0.3) is 0 Å². The summed E-state index contributed by atoms with van der Waals surface area (Å²) in [6.45, 7) is 16.7. The average molecular weight is 540 g/mol. The van der Waals surface area contributed by atoms with Gasteiger partial charge in [-0.2, -0.15) is 5.10 Å². The molecule has 8 nitrogen and oxygen atoms in total. The van der Waals surface area contributed by atoms with Crippen molar-refractivity contribution < 1.29 is 14.6 Å². The van der Waals surface area contributed by atoms with Crippen LogP contribution in [0.15, 0.2) is 45.3 Å². The van der Waals surface area contributed by atoms with Gasteiger partial charge < -0.3 is 15.6 Å². The van der Waals surface area contributed by atoms with Crippen LogP contribution in [0.5, 0.6) is 0 Å². The quantitative estimate of drug-likeness (QED) is 0.316. The highest BCUT2D eigenvalue weighted by atomic mass is 16.6. The standard InChI is InChI=1S/C13H21NO3.C11H17N.C7H11N3/c1-13(9-4-2-3-5-9)8-11(15)10(6-7-14)12(16)17-13;1-4-6-10-7-9(3)12-11(5-2)8-10;1-6-4-7(2)10(8-3)5-9-6/h9,15H,2-8,14H2,1H3;7-8H,4-6H2,1-3H3;4H,3,5H2,1-2H3. The number of aliphatic hydroxyl groups excluding tert-OH is 1. The van der Waals surface area contributed by atoms with E-state index in [4.69, 9.17) is 10.5 Å². The molecule has 1 aromatic heterocycles. The number of aromatic nitrogens is 1. The van der Waals surface area contributed by atoms with E-state index in [0.717, 1.165) is 36.4 Å². The highest BCUT2D eigenvalue weighted by Gasteiger charge is 2.44. The summed E-state index contributed by atoms with van der Waals surface area (Å²) < 4.78 is 5.58. The Morgan fingerprint density at radius 1 is 1.21 bits per heavy atom. The van der Waals surface area contributed by atoms with Gasteiger partial charge in [-0.3, -0.25) is 9.98 Å². The predicted molar refractivity (Wildman–Crippen MR) is 160 cm³/mol. The molecule has 1 saturated carbocycles. The summed E-state index contributed by atoms with van der Waals surface area (Å²) in [5.41, 5.74) is 11.2. The molecule has 2 aliphatic heterocycles. The lowest BCUT2D eigenvalue weighted by molar-refractivity contribution is -0.163. The first kappa shape index (κ1) is 32.2. The highest BCUT2D eigenvalue weighted by Crippen LogP contribution is 2.42. The third kappa shape index (κ3) is 9.60. The highest BCUT2D eigenvalue weighted by molar-refractivity contribution is 5.93. The molecule has 8 heteroatoms. The van der Waals surface area contributed by atoms with Gasteiger partial charge in [0.05, 0.1) is 5.57 Å². The van der Waals surface area contributed by atoms with Crippen molar-refractivity contribution in [1.29, 1.82) is 0 Å². The van der Waals surface area contributed by atoms with Gasteiger partial charge in [-0.15, -0.1) is 0 Å². The van der Waals surface area contributed by atoms with Gasteiger partial charge in [0, 0.05) is 35.9 Å². The van der Waals surface area contributed by atoms with Crippen LogP contribution in [0.4, 0.5) is 0 Å². The Morgan fingerprint density at radius 3 is 2.44 bits per heavy atom. The maximum atomic E-state index is 11.9. The number of nitrogens with zero attached hydrogens (tertiary/aromatic N) is 4.